The normalized spacial score (nSPS) is 18.9. The molecule has 0 bridgehead atoms. The Morgan fingerprint density at radius 2 is 2.39 bits per heavy atom. The van der Waals surface area contributed by atoms with Gasteiger partial charge in [0.05, 0.1) is 6.10 Å². The van der Waals surface area contributed by atoms with Gasteiger partial charge in [-0.15, -0.1) is 0 Å². The van der Waals surface area contributed by atoms with Gasteiger partial charge in [0.1, 0.15) is 5.82 Å². The molecule has 1 aromatic rings. The van der Waals surface area contributed by atoms with E-state index in [2.05, 4.69) is 41.2 Å². The summed E-state index contributed by atoms with van der Waals surface area (Å²) in [7, 11) is 0. The maximum atomic E-state index is 5.71. The summed E-state index contributed by atoms with van der Waals surface area (Å²) >= 11 is 0. The maximum absolute atomic E-state index is 5.71. The van der Waals surface area contributed by atoms with E-state index in [1.807, 2.05) is 6.20 Å². The van der Waals surface area contributed by atoms with Crippen molar-refractivity contribution >= 4 is 11.5 Å². The van der Waals surface area contributed by atoms with Crippen LogP contribution in [-0.4, -0.2) is 37.3 Å². The minimum Gasteiger partial charge on any atom is -0.376 e. The van der Waals surface area contributed by atoms with Crippen molar-refractivity contribution in [2.24, 2.45) is 0 Å². The SMILES string of the molecule is CCNc1cc(N(CC)CC2CCCO2)ccn1. The van der Waals surface area contributed by atoms with E-state index < -0.39 is 0 Å². The van der Waals surface area contributed by atoms with Crippen LogP contribution in [0.2, 0.25) is 0 Å². The van der Waals surface area contributed by atoms with Crippen LogP contribution in [-0.2, 0) is 4.74 Å². The standard InChI is InChI=1S/C14H23N3O/c1-3-15-14-10-12(7-8-16-14)17(4-2)11-13-6-5-9-18-13/h7-8,10,13H,3-6,9,11H2,1-2H3,(H,15,16). The number of pyridine rings is 1. The van der Waals surface area contributed by atoms with E-state index in [-0.39, 0.29) is 0 Å². The second-order valence-electron chi connectivity index (χ2n) is 4.60. The van der Waals surface area contributed by atoms with Crippen molar-refractivity contribution in [2.75, 3.05) is 36.5 Å². The summed E-state index contributed by atoms with van der Waals surface area (Å²) in [6, 6.07) is 4.18. The highest BCUT2D eigenvalue weighted by molar-refractivity contribution is 5.53. The van der Waals surface area contributed by atoms with Gasteiger partial charge >= 0.3 is 0 Å². The third-order valence-electron chi connectivity index (χ3n) is 3.30. The highest BCUT2D eigenvalue weighted by atomic mass is 16.5. The molecule has 2 heterocycles. The molecule has 4 nitrogen and oxygen atoms in total. The van der Waals surface area contributed by atoms with Crippen LogP contribution in [0.15, 0.2) is 18.3 Å². The van der Waals surface area contributed by atoms with E-state index in [9.17, 15) is 0 Å². The van der Waals surface area contributed by atoms with E-state index in [0.717, 1.165) is 32.1 Å². The Kier molecular flexibility index (Phi) is 4.81. The van der Waals surface area contributed by atoms with Gasteiger partial charge in [-0.2, -0.15) is 0 Å². The molecule has 0 radical (unpaired) electrons. The zero-order valence-corrected chi connectivity index (χ0v) is 11.4. The van der Waals surface area contributed by atoms with Crippen molar-refractivity contribution in [1.82, 2.24) is 4.98 Å². The van der Waals surface area contributed by atoms with E-state index in [1.54, 1.807) is 0 Å². The van der Waals surface area contributed by atoms with Crippen LogP contribution in [0, 0.1) is 0 Å². The summed E-state index contributed by atoms with van der Waals surface area (Å²) in [6.07, 6.45) is 4.63. The molecule has 0 saturated carbocycles. The number of ether oxygens (including phenoxy) is 1. The van der Waals surface area contributed by atoms with Crippen molar-refractivity contribution in [2.45, 2.75) is 32.8 Å². The minimum absolute atomic E-state index is 0.390. The third kappa shape index (κ3) is 3.35. The molecule has 18 heavy (non-hydrogen) atoms. The lowest BCUT2D eigenvalue weighted by molar-refractivity contribution is 0.115. The Labute approximate surface area is 109 Å². The summed E-state index contributed by atoms with van der Waals surface area (Å²) in [4.78, 5) is 6.67. The van der Waals surface area contributed by atoms with Gasteiger partial charge in [-0.05, 0) is 32.8 Å². The first kappa shape index (κ1) is 13.1. The Balaban J connectivity index is 2.03. The number of nitrogens with zero attached hydrogens (tertiary/aromatic N) is 2. The summed E-state index contributed by atoms with van der Waals surface area (Å²) in [5, 5.41) is 3.25. The summed E-state index contributed by atoms with van der Waals surface area (Å²) in [6.45, 7) is 8.05. The van der Waals surface area contributed by atoms with Crippen molar-refractivity contribution in [3.05, 3.63) is 18.3 Å². The van der Waals surface area contributed by atoms with E-state index >= 15 is 0 Å². The van der Waals surface area contributed by atoms with Gasteiger partial charge in [0.25, 0.3) is 0 Å². The number of likely N-dealkylation sites (N-methyl/N-ethyl adjacent to an activating group) is 1. The van der Waals surface area contributed by atoms with Gasteiger partial charge in [0, 0.05) is 44.2 Å². The first-order valence-electron chi connectivity index (χ1n) is 6.90. The van der Waals surface area contributed by atoms with Crippen LogP contribution in [0.4, 0.5) is 11.5 Å². The zero-order chi connectivity index (χ0) is 12.8. The van der Waals surface area contributed by atoms with Crippen LogP contribution in [0.25, 0.3) is 0 Å². The predicted octanol–water partition coefficient (Wildman–Crippen LogP) is 2.52. The van der Waals surface area contributed by atoms with Crippen molar-refractivity contribution in [3.63, 3.8) is 0 Å². The zero-order valence-electron chi connectivity index (χ0n) is 11.4. The highest BCUT2D eigenvalue weighted by Gasteiger charge is 2.18. The topological polar surface area (TPSA) is 37.4 Å². The molecule has 1 aliphatic heterocycles. The average Bonchev–Trinajstić information content (AvgIpc) is 2.89. The van der Waals surface area contributed by atoms with Crippen LogP contribution >= 0.6 is 0 Å². The van der Waals surface area contributed by atoms with Crippen LogP contribution in [0.1, 0.15) is 26.7 Å². The molecule has 1 N–H and O–H groups in total. The highest BCUT2D eigenvalue weighted by Crippen LogP contribution is 2.20. The number of aromatic nitrogens is 1. The van der Waals surface area contributed by atoms with Crippen molar-refractivity contribution in [1.29, 1.82) is 0 Å². The molecule has 0 aliphatic carbocycles. The van der Waals surface area contributed by atoms with Crippen LogP contribution in [0.5, 0.6) is 0 Å². The lowest BCUT2D eigenvalue weighted by Crippen LogP contribution is -2.32. The average molecular weight is 249 g/mol. The number of rotatable bonds is 6. The van der Waals surface area contributed by atoms with Crippen LogP contribution < -0.4 is 10.2 Å². The lowest BCUT2D eigenvalue weighted by atomic mass is 10.2. The molecule has 0 spiro atoms. The smallest absolute Gasteiger partial charge is 0.127 e. The number of anilines is 2. The molecule has 1 aromatic heterocycles. The summed E-state index contributed by atoms with van der Waals surface area (Å²) in [5.74, 6) is 0.945. The molecule has 1 unspecified atom stereocenters. The van der Waals surface area contributed by atoms with Gasteiger partial charge in [0.2, 0.25) is 0 Å². The molecular formula is C14H23N3O. The summed E-state index contributed by atoms with van der Waals surface area (Å²) in [5.41, 5.74) is 1.22. The molecule has 100 valence electrons. The Bertz CT molecular complexity index is 364. The molecule has 1 aliphatic rings. The fourth-order valence-corrected chi connectivity index (χ4v) is 2.35. The number of hydrogen-bond acceptors (Lipinski definition) is 4. The summed E-state index contributed by atoms with van der Waals surface area (Å²) < 4.78 is 5.71. The van der Waals surface area contributed by atoms with Gasteiger partial charge < -0.3 is 15.0 Å². The first-order chi connectivity index (χ1) is 8.83. The molecule has 1 saturated heterocycles. The Morgan fingerprint density at radius 3 is 3.06 bits per heavy atom. The monoisotopic (exact) mass is 249 g/mol. The van der Waals surface area contributed by atoms with Crippen molar-refractivity contribution in [3.8, 4) is 0 Å². The first-order valence-corrected chi connectivity index (χ1v) is 6.90. The Hall–Kier alpha value is -1.29. The van der Waals surface area contributed by atoms with Gasteiger partial charge in [0.15, 0.2) is 0 Å². The van der Waals surface area contributed by atoms with E-state index in [4.69, 9.17) is 4.74 Å². The number of nitrogens with one attached hydrogen (secondary N) is 1. The minimum atomic E-state index is 0.390. The second-order valence-corrected chi connectivity index (χ2v) is 4.60. The second kappa shape index (κ2) is 6.59. The largest absolute Gasteiger partial charge is 0.376 e. The third-order valence-corrected chi connectivity index (χ3v) is 3.30. The molecular weight excluding hydrogens is 226 g/mol. The fraction of sp³-hybridized carbons (Fsp3) is 0.643. The van der Waals surface area contributed by atoms with Crippen LogP contribution in [0.3, 0.4) is 0 Å². The molecule has 0 aromatic carbocycles. The van der Waals surface area contributed by atoms with E-state index in [0.29, 0.717) is 6.10 Å². The van der Waals surface area contributed by atoms with Crippen molar-refractivity contribution < 1.29 is 4.74 Å². The maximum Gasteiger partial charge on any atom is 0.127 e. The predicted molar refractivity (Wildman–Crippen MR) is 75.3 cm³/mol. The lowest BCUT2D eigenvalue weighted by Gasteiger charge is -2.26. The molecule has 4 heteroatoms. The fourth-order valence-electron chi connectivity index (χ4n) is 2.35. The van der Waals surface area contributed by atoms with Gasteiger partial charge in [-0.3, -0.25) is 0 Å². The van der Waals surface area contributed by atoms with Gasteiger partial charge in [-0.25, -0.2) is 4.98 Å². The quantitative estimate of drug-likeness (QED) is 0.840. The van der Waals surface area contributed by atoms with Gasteiger partial charge in [-0.1, -0.05) is 0 Å². The van der Waals surface area contributed by atoms with E-state index in [1.165, 1.54) is 18.5 Å². The molecule has 1 fully saturated rings. The molecule has 0 amide bonds. The molecule has 1 atom stereocenters. The Morgan fingerprint density at radius 1 is 1.50 bits per heavy atom. The number of hydrogen-bond donors (Lipinski definition) is 1. The molecule has 2 rings (SSSR count).